The molecule has 0 aliphatic carbocycles. The van der Waals surface area contributed by atoms with Gasteiger partial charge in [0.1, 0.15) is 0 Å². The van der Waals surface area contributed by atoms with Crippen molar-refractivity contribution in [2.75, 3.05) is 13.7 Å². The van der Waals surface area contributed by atoms with E-state index in [2.05, 4.69) is 13.0 Å². The van der Waals surface area contributed by atoms with Gasteiger partial charge in [-0.05, 0) is 30.9 Å². The molecular formula is C13H19NO2. The third-order valence-corrected chi connectivity index (χ3v) is 3.08. The van der Waals surface area contributed by atoms with Gasteiger partial charge in [-0.25, -0.2) is 0 Å². The molecule has 2 N–H and O–H groups in total. The first-order valence-electron chi connectivity index (χ1n) is 5.85. The predicted octanol–water partition coefficient (Wildman–Crippen LogP) is 2.43. The molecule has 0 aromatic heterocycles. The summed E-state index contributed by atoms with van der Waals surface area (Å²) in [7, 11) is 1.68. The summed E-state index contributed by atoms with van der Waals surface area (Å²) in [5.41, 5.74) is 8.50. The van der Waals surface area contributed by atoms with E-state index in [1.807, 2.05) is 6.07 Å². The molecule has 88 valence electrons. The van der Waals surface area contributed by atoms with Gasteiger partial charge in [0.05, 0.1) is 13.7 Å². The number of aryl methyl sites for hydroxylation is 1. The minimum Gasteiger partial charge on any atom is -0.493 e. The van der Waals surface area contributed by atoms with Gasteiger partial charge in [0.2, 0.25) is 0 Å². The largest absolute Gasteiger partial charge is 0.493 e. The third-order valence-electron chi connectivity index (χ3n) is 3.08. The van der Waals surface area contributed by atoms with Crippen molar-refractivity contribution in [3.8, 4) is 11.5 Å². The first kappa shape index (κ1) is 11.3. The predicted molar refractivity (Wildman–Crippen MR) is 64.0 cm³/mol. The molecule has 0 fully saturated rings. The molecule has 1 aliphatic heterocycles. The van der Waals surface area contributed by atoms with Gasteiger partial charge < -0.3 is 15.2 Å². The fourth-order valence-corrected chi connectivity index (χ4v) is 2.10. The Hall–Kier alpha value is -1.22. The van der Waals surface area contributed by atoms with Crippen molar-refractivity contribution in [1.82, 2.24) is 0 Å². The number of hydrogen-bond acceptors (Lipinski definition) is 3. The quantitative estimate of drug-likeness (QED) is 0.834. The van der Waals surface area contributed by atoms with E-state index in [1.165, 1.54) is 5.56 Å². The number of ether oxygens (including phenoxy) is 2. The number of benzene rings is 1. The molecule has 1 aliphatic rings. The molecule has 1 aromatic rings. The maximum absolute atomic E-state index is 6.16. The highest BCUT2D eigenvalue weighted by Gasteiger charge is 2.20. The monoisotopic (exact) mass is 221 g/mol. The molecule has 0 saturated heterocycles. The Morgan fingerprint density at radius 3 is 3.00 bits per heavy atom. The van der Waals surface area contributed by atoms with Gasteiger partial charge in [-0.2, -0.15) is 0 Å². The van der Waals surface area contributed by atoms with Crippen molar-refractivity contribution in [1.29, 1.82) is 0 Å². The minimum absolute atomic E-state index is 0.0675. The summed E-state index contributed by atoms with van der Waals surface area (Å²) < 4.78 is 11.1. The Balaban J connectivity index is 2.51. The Bertz CT molecular complexity index is 376. The maximum atomic E-state index is 6.16. The first-order chi connectivity index (χ1) is 7.76. The van der Waals surface area contributed by atoms with E-state index in [0.29, 0.717) is 0 Å². The van der Waals surface area contributed by atoms with E-state index < -0.39 is 0 Å². The van der Waals surface area contributed by atoms with Gasteiger partial charge in [-0.3, -0.25) is 0 Å². The van der Waals surface area contributed by atoms with Crippen LogP contribution in [0.2, 0.25) is 0 Å². The molecule has 16 heavy (non-hydrogen) atoms. The Labute approximate surface area is 96.5 Å². The third kappa shape index (κ3) is 2.00. The summed E-state index contributed by atoms with van der Waals surface area (Å²) in [4.78, 5) is 0. The summed E-state index contributed by atoms with van der Waals surface area (Å²) in [6.45, 7) is 2.85. The molecule has 0 unspecified atom stereocenters. The minimum atomic E-state index is 0.0675. The van der Waals surface area contributed by atoms with Crippen molar-refractivity contribution in [3.63, 3.8) is 0 Å². The van der Waals surface area contributed by atoms with Crippen LogP contribution >= 0.6 is 0 Å². The van der Waals surface area contributed by atoms with Crippen molar-refractivity contribution >= 4 is 0 Å². The number of nitrogens with two attached hydrogens (primary N) is 1. The second-order valence-electron chi connectivity index (χ2n) is 4.17. The lowest BCUT2D eigenvalue weighted by atomic mass is 9.99. The fraction of sp³-hybridized carbons (Fsp3) is 0.538. The van der Waals surface area contributed by atoms with Gasteiger partial charge in [0.25, 0.3) is 0 Å². The molecule has 3 nitrogen and oxygen atoms in total. The molecule has 2 rings (SSSR count). The van der Waals surface area contributed by atoms with Crippen molar-refractivity contribution in [2.45, 2.75) is 32.2 Å². The SMILES string of the molecule is CCc1cc(OC)c2c(c1)[C@@H](N)CCCO2. The maximum Gasteiger partial charge on any atom is 0.165 e. The summed E-state index contributed by atoms with van der Waals surface area (Å²) >= 11 is 0. The number of fused-ring (bicyclic) bond motifs is 1. The van der Waals surface area contributed by atoms with Crippen molar-refractivity contribution in [2.24, 2.45) is 5.73 Å². The molecule has 1 atom stereocenters. The molecule has 1 aromatic carbocycles. The molecule has 1 heterocycles. The zero-order valence-electron chi connectivity index (χ0n) is 9.95. The van der Waals surface area contributed by atoms with E-state index in [0.717, 1.165) is 42.9 Å². The van der Waals surface area contributed by atoms with Crippen LogP contribution in [0.1, 0.15) is 36.9 Å². The first-order valence-corrected chi connectivity index (χ1v) is 5.85. The smallest absolute Gasteiger partial charge is 0.165 e. The summed E-state index contributed by atoms with van der Waals surface area (Å²) in [5, 5.41) is 0. The van der Waals surface area contributed by atoms with Crippen LogP contribution in [-0.4, -0.2) is 13.7 Å². The van der Waals surface area contributed by atoms with Gasteiger partial charge >= 0.3 is 0 Å². The molecular weight excluding hydrogens is 202 g/mol. The van der Waals surface area contributed by atoms with Crippen molar-refractivity contribution < 1.29 is 9.47 Å². The van der Waals surface area contributed by atoms with Gasteiger partial charge in [0, 0.05) is 11.6 Å². The normalized spacial score (nSPS) is 19.6. The average Bonchev–Trinajstić information content (AvgIpc) is 2.50. The van der Waals surface area contributed by atoms with Gasteiger partial charge in [-0.1, -0.05) is 13.0 Å². The van der Waals surface area contributed by atoms with Gasteiger partial charge in [0.15, 0.2) is 11.5 Å². The van der Waals surface area contributed by atoms with Crippen LogP contribution in [-0.2, 0) is 6.42 Å². The molecule has 0 spiro atoms. The van der Waals surface area contributed by atoms with E-state index in [-0.39, 0.29) is 6.04 Å². The van der Waals surface area contributed by atoms with Crippen LogP contribution in [0, 0.1) is 0 Å². The van der Waals surface area contributed by atoms with E-state index in [9.17, 15) is 0 Å². The highest BCUT2D eigenvalue weighted by atomic mass is 16.5. The lowest BCUT2D eigenvalue weighted by molar-refractivity contribution is 0.294. The molecule has 0 amide bonds. The van der Waals surface area contributed by atoms with Crippen molar-refractivity contribution in [3.05, 3.63) is 23.3 Å². The second kappa shape index (κ2) is 4.74. The van der Waals surface area contributed by atoms with Gasteiger partial charge in [-0.15, -0.1) is 0 Å². The Morgan fingerprint density at radius 2 is 2.31 bits per heavy atom. The molecule has 0 bridgehead atoms. The number of hydrogen-bond donors (Lipinski definition) is 1. The summed E-state index contributed by atoms with van der Waals surface area (Å²) in [5.74, 6) is 1.65. The lowest BCUT2D eigenvalue weighted by Crippen LogP contribution is -2.10. The zero-order chi connectivity index (χ0) is 11.5. The van der Waals surface area contributed by atoms with Crippen LogP contribution in [0.25, 0.3) is 0 Å². The van der Waals surface area contributed by atoms with Crippen LogP contribution < -0.4 is 15.2 Å². The van der Waals surface area contributed by atoms with E-state index in [4.69, 9.17) is 15.2 Å². The van der Waals surface area contributed by atoms with Crippen LogP contribution in [0.15, 0.2) is 12.1 Å². The Kier molecular flexibility index (Phi) is 3.34. The van der Waals surface area contributed by atoms with E-state index >= 15 is 0 Å². The number of methoxy groups -OCH3 is 1. The van der Waals surface area contributed by atoms with Crippen LogP contribution in [0.5, 0.6) is 11.5 Å². The standard InChI is InChI=1S/C13H19NO2/c1-3-9-7-10-11(14)5-4-6-16-13(10)12(8-9)15-2/h7-8,11H,3-6,14H2,1-2H3/t11-/m0/s1. The second-order valence-corrected chi connectivity index (χ2v) is 4.17. The highest BCUT2D eigenvalue weighted by Crippen LogP contribution is 2.39. The summed E-state index contributed by atoms with van der Waals surface area (Å²) in [6, 6.07) is 4.25. The molecule has 0 radical (unpaired) electrons. The fourth-order valence-electron chi connectivity index (χ4n) is 2.10. The van der Waals surface area contributed by atoms with E-state index in [1.54, 1.807) is 7.11 Å². The topological polar surface area (TPSA) is 44.5 Å². The average molecular weight is 221 g/mol. The molecule has 0 saturated carbocycles. The zero-order valence-corrected chi connectivity index (χ0v) is 9.95. The van der Waals surface area contributed by atoms with Crippen LogP contribution in [0.3, 0.4) is 0 Å². The van der Waals surface area contributed by atoms with Crippen LogP contribution in [0.4, 0.5) is 0 Å². The highest BCUT2D eigenvalue weighted by molar-refractivity contribution is 5.51. The molecule has 3 heteroatoms. The Morgan fingerprint density at radius 1 is 1.50 bits per heavy atom. The summed E-state index contributed by atoms with van der Waals surface area (Å²) in [6.07, 6.45) is 2.96. The lowest BCUT2D eigenvalue weighted by Gasteiger charge is -2.16. The number of rotatable bonds is 2.